The Morgan fingerprint density at radius 2 is 1.76 bits per heavy atom. The molecule has 0 aliphatic heterocycles. The molecule has 0 radical (unpaired) electrons. The van der Waals surface area contributed by atoms with Crippen LogP contribution in [0.4, 0.5) is 0 Å². The van der Waals surface area contributed by atoms with Crippen LogP contribution in [0.5, 0.6) is 5.88 Å². The van der Waals surface area contributed by atoms with E-state index in [1.165, 1.54) is 0 Å². The van der Waals surface area contributed by atoms with Crippen LogP contribution in [-0.4, -0.2) is 62.4 Å². The van der Waals surface area contributed by atoms with Crippen molar-refractivity contribution in [3.8, 4) is 5.88 Å². The SMILES string of the molecule is C[C@]12CCC(=O)C=C1CC[C@@H]1[C@@H]2C(O)C[C@@]2(C)[C@H]1CC[C@]2(O)C(=O)COC(=O)COc1nn(Cc2ccccc2)c2ccccc12. The van der Waals surface area contributed by atoms with Crippen LogP contribution in [0.15, 0.2) is 66.2 Å². The number of rotatable bonds is 8. The van der Waals surface area contributed by atoms with Gasteiger partial charge >= 0.3 is 5.97 Å². The first-order valence-electron chi connectivity index (χ1n) is 16.5. The second kappa shape index (κ2) is 11.5. The lowest BCUT2D eigenvalue weighted by molar-refractivity contribution is -0.184. The Kier molecular flexibility index (Phi) is 7.67. The van der Waals surface area contributed by atoms with Crippen LogP contribution < -0.4 is 4.74 Å². The number of benzene rings is 2. The molecule has 9 heteroatoms. The van der Waals surface area contributed by atoms with Crippen LogP contribution >= 0.6 is 0 Å². The van der Waals surface area contributed by atoms with Crippen LogP contribution in [0, 0.1) is 28.6 Å². The quantitative estimate of drug-likeness (QED) is 0.341. The van der Waals surface area contributed by atoms with Gasteiger partial charge < -0.3 is 19.7 Å². The summed E-state index contributed by atoms with van der Waals surface area (Å²) in [6.07, 6.45) is 5.13. The minimum absolute atomic E-state index is 0.0154. The Morgan fingerprint density at radius 1 is 1.00 bits per heavy atom. The van der Waals surface area contributed by atoms with Crippen molar-refractivity contribution >= 4 is 28.4 Å². The second-order valence-corrected chi connectivity index (χ2v) is 14.3. The molecule has 1 aromatic heterocycles. The third-order valence-corrected chi connectivity index (χ3v) is 12.0. The van der Waals surface area contributed by atoms with Crippen LogP contribution in [-0.2, 0) is 25.7 Å². The molecule has 1 heterocycles. The highest BCUT2D eigenvalue weighted by atomic mass is 16.6. The van der Waals surface area contributed by atoms with Crippen molar-refractivity contribution in [3.05, 3.63) is 71.8 Å². The lowest BCUT2D eigenvalue weighted by Crippen LogP contribution is -2.62. The van der Waals surface area contributed by atoms with Gasteiger partial charge in [-0.25, -0.2) is 4.79 Å². The molecule has 2 aromatic carbocycles. The van der Waals surface area contributed by atoms with Crippen molar-refractivity contribution in [1.29, 1.82) is 0 Å². The van der Waals surface area contributed by atoms with E-state index in [2.05, 4.69) is 12.0 Å². The molecule has 46 heavy (non-hydrogen) atoms. The molecule has 4 aliphatic carbocycles. The van der Waals surface area contributed by atoms with Crippen LogP contribution in [0.1, 0.15) is 64.4 Å². The van der Waals surface area contributed by atoms with Gasteiger partial charge in [-0.05, 0) is 85.5 Å². The fourth-order valence-corrected chi connectivity index (χ4v) is 9.67. The van der Waals surface area contributed by atoms with Gasteiger partial charge in [0.15, 0.2) is 19.0 Å². The van der Waals surface area contributed by atoms with Crippen molar-refractivity contribution in [2.45, 2.75) is 77.0 Å². The predicted molar refractivity (Wildman–Crippen MR) is 170 cm³/mol. The summed E-state index contributed by atoms with van der Waals surface area (Å²) < 4.78 is 13.0. The largest absolute Gasteiger partial charge is 0.464 e. The number of fused-ring (bicyclic) bond motifs is 6. The molecule has 7 rings (SSSR count). The molecule has 2 N–H and O–H groups in total. The van der Waals surface area contributed by atoms with Gasteiger partial charge in [0.25, 0.3) is 0 Å². The Hall–Kier alpha value is -3.82. The third kappa shape index (κ3) is 4.90. The van der Waals surface area contributed by atoms with E-state index in [0.717, 1.165) is 41.3 Å². The van der Waals surface area contributed by atoms with Gasteiger partial charge in [-0.3, -0.25) is 14.3 Å². The molecule has 0 bridgehead atoms. The highest BCUT2D eigenvalue weighted by molar-refractivity contribution is 5.92. The Bertz CT molecular complexity index is 1710. The Balaban J connectivity index is 1.00. The normalized spacial score (nSPS) is 33.5. The van der Waals surface area contributed by atoms with Gasteiger partial charge in [0, 0.05) is 11.8 Å². The highest BCUT2D eigenvalue weighted by Crippen LogP contribution is 2.67. The average Bonchev–Trinajstić information content (AvgIpc) is 3.53. The number of ketones is 2. The number of ether oxygens (including phenoxy) is 2. The Labute approximate surface area is 268 Å². The minimum Gasteiger partial charge on any atom is -0.464 e. The van der Waals surface area contributed by atoms with E-state index in [1.807, 2.05) is 66.2 Å². The fraction of sp³-hybridized carbons (Fsp3) is 0.514. The number of hydrogen-bond acceptors (Lipinski definition) is 8. The van der Waals surface area contributed by atoms with Gasteiger partial charge in [0.1, 0.15) is 5.60 Å². The van der Waals surface area contributed by atoms with Crippen molar-refractivity contribution in [2.75, 3.05) is 13.2 Å². The molecule has 0 spiro atoms. The number of carbonyl (C=O) groups excluding carboxylic acids is 3. The number of aliphatic hydroxyl groups excluding tert-OH is 1. The van der Waals surface area contributed by atoms with E-state index in [1.54, 1.807) is 6.08 Å². The smallest absolute Gasteiger partial charge is 0.344 e. The summed E-state index contributed by atoms with van der Waals surface area (Å²) in [5.74, 6) is -0.644. The molecule has 3 aromatic rings. The molecule has 9 nitrogen and oxygen atoms in total. The first-order chi connectivity index (χ1) is 22.0. The number of allylic oxidation sites excluding steroid dienone is 1. The minimum atomic E-state index is -1.71. The van der Waals surface area contributed by atoms with E-state index in [4.69, 9.17) is 9.47 Å². The topological polar surface area (TPSA) is 128 Å². The van der Waals surface area contributed by atoms with Crippen LogP contribution in [0.25, 0.3) is 10.9 Å². The monoisotopic (exact) mass is 626 g/mol. The summed E-state index contributed by atoms with van der Waals surface area (Å²) in [5, 5.41) is 28.9. The van der Waals surface area contributed by atoms with E-state index in [0.29, 0.717) is 25.3 Å². The van der Waals surface area contributed by atoms with Gasteiger partial charge in [0.2, 0.25) is 11.7 Å². The van der Waals surface area contributed by atoms with E-state index in [-0.39, 0.29) is 41.8 Å². The average molecular weight is 627 g/mol. The van der Waals surface area contributed by atoms with Crippen LogP contribution in [0.2, 0.25) is 0 Å². The van der Waals surface area contributed by atoms with Crippen LogP contribution in [0.3, 0.4) is 0 Å². The maximum absolute atomic E-state index is 13.6. The molecule has 1 unspecified atom stereocenters. The molecule has 4 aliphatic rings. The lowest BCUT2D eigenvalue weighted by atomic mass is 9.45. The second-order valence-electron chi connectivity index (χ2n) is 14.3. The number of para-hydroxylation sites is 1. The molecular weight excluding hydrogens is 584 g/mol. The maximum atomic E-state index is 13.6. The number of aromatic nitrogens is 2. The van der Waals surface area contributed by atoms with Crippen molar-refractivity contribution in [3.63, 3.8) is 0 Å². The summed E-state index contributed by atoms with van der Waals surface area (Å²) in [7, 11) is 0. The highest BCUT2D eigenvalue weighted by Gasteiger charge is 2.68. The number of nitrogens with zero attached hydrogens (tertiary/aromatic N) is 2. The molecule has 242 valence electrons. The number of carbonyl (C=O) groups is 3. The first kappa shape index (κ1) is 30.8. The molecule has 7 atom stereocenters. The molecule has 0 amide bonds. The summed E-state index contributed by atoms with van der Waals surface area (Å²) >= 11 is 0. The predicted octanol–water partition coefficient (Wildman–Crippen LogP) is 4.81. The zero-order valence-corrected chi connectivity index (χ0v) is 26.5. The molecule has 0 saturated heterocycles. The summed E-state index contributed by atoms with van der Waals surface area (Å²) in [4.78, 5) is 38.6. The van der Waals surface area contributed by atoms with E-state index in [9.17, 15) is 24.6 Å². The molecular formula is C37H42N2O7. The van der Waals surface area contributed by atoms with E-state index < -0.39 is 42.1 Å². The summed E-state index contributed by atoms with van der Waals surface area (Å²) in [5.41, 5.74) is 0.273. The lowest BCUT2D eigenvalue weighted by Gasteiger charge is -2.60. The summed E-state index contributed by atoms with van der Waals surface area (Å²) in [6, 6.07) is 17.5. The zero-order valence-electron chi connectivity index (χ0n) is 26.5. The number of esters is 1. The maximum Gasteiger partial charge on any atom is 0.344 e. The van der Waals surface area contributed by atoms with Gasteiger partial charge in [-0.15, -0.1) is 5.10 Å². The van der Waals surface area contributed by atoms with Gasteiger partial charge in [-0.1, -0.05) is 61.9 Å². The van der Waals surface area contributed by atoms with Crippen molar-refractivity contribution in [1.82, 2.24) is 9.78 Å². The first-order valence-corrected chi connectivity index (χ1v) is 16.5. The fourth-order valence-electron chi connectivity index (χ4n) is 9.67. The molecule has 3 saturated carbocycles. The van der Waals surface area contributed by atoms with E-state index >= 15 is 0 Å². The number of hydrogen-bond donors (Lipinski definition) is 2. The standard InChI is InChI=1S/C37H42N2O7/c1-35-16-14-25(40)18-24(35)12-13-26-28-15-17-37(44,36(28,2)19-30(41)33(26)35)31(42)21-45-32(43)22-46-34-27-10-6-7-11-29(27)39(38-34)20-23-8-4-3-5-9-23/h3-11,18,26,28,30,33,41,44H,12-17,19-22H2,1-2H3/t26-,28-,30?,33+,35-,36-,37-/m0/s1. The number of aliphatic hydroxyl groups is 2. The zero-order chi connectivity index (χ0) is 32.3. The number of Topliss-reactive ketones (excluding diaryl/α,β-unsaturated/α-hetero) is 1. The van der Waals surface area contributed by atoms with Gasteiger partial charge in [-0.2, -0.15) is 0 Å². The summed E-state index contributed by atoms with van der Waals surface area (Å²) in [6.45, 7) is 3.63. The Morgan fingerprint density at radius 3 is 2.57 bits per heavy atom. The van der Waals surface area contributed by atoms with Crippen molar-refractivity contribution in [2.24, 2.45) is 28.6 Å². The third-order valence-electron chi connectivity index (χ3n) is 12.0. The molecule has 3 fully saturated rings. The van der Waals surface area contributed by atoms with Gasteiger partial charge in [0.05, 0.1) is 23.6 Å². The van der Waals surface area contributed by atoms with Crippen molar-refractivity contribution < 1.29 is 34.1 Å².